The van der Waals surface area contributed by atoms with Crippen LogP contribution in [0.1, 0.15) is 22.6 Å². The zero-order valence-corrected chi connectivity index (χ0v) is 11.7. The normalized spacial score (nSPS) is 11.0. The Labute approximate surface area is 123 Å². The molecule has 8 heteroatoms. The summed E-state index contributed by atoms with van der Waals surface area (Å²) in [4.78, 5) is 11.9. The number of rotatable bonds is 5. The summed E-state index contributed by atoms with van der Waals surface area (Å²) < 4.78 is 54.5. The van der Waals surface area contributed by atoms with E-state index < -0.39 is 35.3 Å². The van der Waals surface area contributed by atoms with Crippen LogP contribution in [0.5, 0.6) is 0 Å². The molecular weight excluding hydrogens is 303 g/mol. The lowest BCUT2D eigenvalue weighted by atomic mass is 10.2. The van der Waals surface area contributed by atoms with E-state index in [4.69, 9.17) is 13.9 Å². The van der Waals surface area contributed by atoms with Crippen molar-refractivity contribution in [3.05, 3.63) is 53.2 Å². The maximum Gasteiger partial charge on any atom is 0.291 e. The maximum absolute atomic E-state index is 13.5. The molecule has 1 amide bonds. The minimum Gasteiger partial charge on any atom is -0.450 e. The minimum atomic E-state index is -1.67. The lowest BCUT2D eigenvalue weighted by Gasteiger charge is -2.09. The van der Waals surface area contributed by atoms with Crippen LogP contribution >= 0.6 is 0 Å². The van der Waals surface area contributed by atoms with E-state index in [1.165, 1.54) is 26.4 Å². The van der Waals surface area contributed by atoms with Gasteiger partial charge in [0.2, 0.25) is 6.29 Å². The fourth-order valence-electron chi connectivity index (χ4n) is 1.74. The molecule has 0 fully saturated rings. The minimum absolute atomic E-state index is 0.168. The summed E-state index contributed by atoms with van der Waals surface area (Å²) in [6.07, 6.45) is -0.804. The van der Waals surface area contributed by atoms with Crippen molar-refractivity contribution in [1.29, 1.82) is 0 Å². The topological polar surface area (TPSA) is 60.7 Å². The van der Waals surface area contributed by atoms with E-state index in [2.05, 4.69) is 5.32 Å². The molecule has 1 heterocycles. The predicted molar refractivity (Wildman–Crippen MR) is 69.7 cm³/mol. The quantitative estimate of drug-likeness (QED) is 0.680. The van der Waals surface area contributed by atoms with Gasteiger partial charge in [0.1, 0.15) is 0 Å². The summed E-state index contributed by atoms with van der Waals surface area (Å²) in [6.45, 7) is 0. The van der Waals surface area contributed by atoms with Gasteiger partial charge in [0.05, 0.1) is 5.69 Å². The first-order valence-corrected chi connectivity index (χ1v) is 6.08. The van der Waals surface area contributed by atoms with Gasteiger partial charge in [-0.15, -0.1) is 0 Å². The van der Waals surface area contributed by atoms with E-state index in [9.17, 15) is 18.0 Å². The first kappa shape index (κ1) is 16.1. The highest BCUT2D eigenvalue weighted by molar-refractivity contribution is 6.02. The fourth-order valence-corrected chi connectivity index (χ4v) is 1.74. The zero-order chi connectivity index (χ0) is 16.3. The van der Waals surface area contributed by atoms with Crippen LogP contribution in [0.2, 0.25) is 0 Å². The van der Waals surface area contributed by atoms with Crippen LogP contribution in [-0.2, 0) is 9.47 Å². The number of halogens is 3. The van der Waals surface area contributed by atoms with Gasteiger partial charge >= 0.3 is 0 Å². The number of anilines is 1. The van der Waals surface area contributed by atoms with E-state index >= 15 is 0 Å². The molecule has 1 aromatic carbocycles. The summed E-state index contributed by atoms with van der Waals surface area (Å²) in [5.41, 5.74) is -0.503. The van der Waals surface area contributed by atoms with Crippen LogP contribution in [0.4, 0.5) is 18.9 Å². The van der Waals surface area contributed by atoms with E-state index in [1.807, 2.05) is 0 Å². The van der Waals surface area contributed by atoms with Gasteiger partial charge in [-0.05, 0) is 24.3 Å². The number of hydrogen-bond acceptors (Lipinski definition) is 4. The lowest BCUT2D eigenvalue weighted by Crippen LogP contribution is -2.13. The van der Waals surface area contributed by atoms with Gasteiger partial charge in [-0.3, -0.25) is 4.79 Å². The van der Waals surface area contributed by atoms with Gasteiger partial charge in [0.15, 0.2) is 29.0 Å². The van der Waals surface area contributed by atoms with Crippen molar-refractivity contribution in [2.45, 2.75) is 6.29 Å². The van der Waals surface area contributed by atoms with Crippen molar-refractivity contribution in [1.82, 2.24) is 0 Å². The van der Waals surface area contributed by atoms with Gasteiger partial charge < -0.3 is 19.2 Å². The number of amides is 1. The molecule has 0 bridgehead atoms. The second-order valence-corrected chi connectivity index (χ2v) is 4.18. The number of carbonyl (C=O) groups excluding carboxylic acids is 1. The highest BCUT2D eigenvalue weighted by atomic mass is 19.2. The summed E-state index contributed by atoms with van der Waals surface area (Å²) in [5.74, 6) is -5.29. The van der Waals surface area contributed by atoms with Crippen molar-refractivity contribution < 1.29 is 31.9 Å². The van der Waals surface area contributed by atoms with Crippen LogP contribution < -0.4 is 5.32 Å². The molecule has 0 saturated heterocycles. The third-order valence-corrected chi connectivity index (χ3v) is 2.79. The Kier molecular flexibility index (Phi) is 4.84. The molecule has 0 aliphatic rings. The molecule has 0 saturated carbocycles. The molecule has 5 nitrogen and oxygen atoms in total. The van der Waals surface area contributed by atoms with E-state index in [-0.39, 0.29) is 11.5 Å². The Morgan fingerprint density at radius 3 is 2.41 bits per heavy atom. The molecular formula is C14H12F3NO4. The SMILES string of the molecule is COC(OC)c1ccc(C(=O)Nc2ccc(F)c(F)c2F)o1. The third-order valence-electron chi connectivity index (χ3n) is 2.79. The Bertz CT molecular complexity index is 683. The monoisotopic (exact) mass is 315 g/mol. The highest BCUT2D eigenvalue weighted by Crippen LogP contribution is 2.23. The zero-order valence-electron chi connectivity index (χ0n) is 11.7. The molecule has 2 aromatic rings. The molecule has 0 spiro atoms. The fraction of sp³-hybridized carbons (Fsp3) is 0.214. The second kappa shape index (κ2) is 6.63. The van der Waals surface area contributed by atoms with Crippen LogP contribution in [0.15, 0.2) is 28.7 Å². The molecule has 2 rings (SSSR count). The molecule has 22 heavy (non-hydrogen) atoms. The van der Waals surface area contributed by atoms with Gasteiger partial charge in [0.25, 0.3) is 5.91 Å². The first-order valence-electron chi connectivity index (χ1n) is 6.08. The highest BCUT2D eigenvalue weighted by Gasteiger charge is 2.20. The van der Waals surface area contributed by atoms with E-state index in [0.29, 0.717) is 6.07 Å². The second-order valence-electron chi connectivity index (χ2n) is 4.18. The van der Waals surface area contributed by atoms with Crippen LogP contribution in [0.25, 0.3) is 0 Å². The number of nitrogens with one attached hydrogen (secondary N) is 1. The molecule has 0 unspecified atom stereocenters. The number of benzene rings is 1. The number of methoxy groups -OCH3 is 2. The Morgan fingerprint density at radius 1 is 1.09 bits per heavy atom. The van der Waals surface area contributed by atoms with Crippen molar-refractivity contribution in [2.75, 3.05) is 19.5 Å². The Hall–Kier alpha value is -2.32. The smallest absolute Gasteiger partial charge is 0.291 e. The van der Waals surface area contributed by atoms with Gasteiger partial charge in [-0.2, -0.15) is 0 Å². The molecule has 0 radical (unpaired) electrons. The average molecular weight is 315 g/mol. The maximum atomic E-state index is 13.5. The molecule has 0 aliphatic heterocycles. The van der Waals surface area contributed by atoms with Gasteiger partial charge in [-0.25, -0.2) is 13.2 Å². The Morgan fingerprint density at radius 2 is 1.77 bits per heavy atom. The van der Waals surface area contributed by atoms with Gasteiger partial charge in [-0.1, -0.05) is 0 Å². The van der Waals surface area contributed by atoms with Crippen molar-refractivity contribution in [3.8, 4) is 0 Å². The summed E-state index contributed by atoms with van der Waals surface area (Å²) in [5, 5.41) is 2.09. The van der Waals surface area contributed by atoms with Gasteiger partial charge in [0, 0.05) is 14.2 Å². The summed E-state index contributed by atoms with van der Waals surface area (Å²) in [6, 6.07) is 4.36. The van der Waals surface area contributed by atoms with E-state index in [1.54, 1.807) is 0 Å². The summed E-state index contributed by atoms with van der Waals surface area (Å²) >= 11 is 0. The summed E-state index contributed by atoms with van der Waals surface area (Å²) in [7, 11) is 2.76. The molecule has 0 atom stereocenters. The average Bonchev–Trinajstić information content (AvgIpc) is 2.99. The van der Waals surface area contributed by atoms with Crippen molar-refractivity contribution in [3.63, 3.8) is 0 Å². The Balaban J connectivity index is 2.18. The number of furan rings is 1. The number of hydrogen-bond donors (Lipinski definition) is 1. The largest absolute Gasteiger partial charge is 0.450 e. The van der Waals surface area contributed by atoms with Crippen LogP contribution in [0.3, 0.4) is 0 Å². The molecule has 0 aliphatic carbocycles. The van der Waals surface area contributed by atoms with Crippen molar-refractivity contribution >= 4 is 11.6 Å². The first-order chi connectivity index (χ1) is 10.5. The predicted octanol–water partition coefficient (Wildman–Crippen LogP) is 3.24. The van der Waals surface area contributed by atoms with E-state index in [0.717, 1.165) is 6.07 Å². The molecule has 118 valence electrons. The number of ether oxygens (including phenoxy) is 2. The van der Waals surface area contributed by atoms with Crippen LogP contribution in [0, 0.1) is 17.5 Å². The molecule has 1 N–H and O–H groups in total. The van der Waals surface area contributed by atoms with Crippen LogP contribution in [-0.4, -0.2) is 20.1 Å². The lowest BCUT2D eigenvalue weighted by molar-refractivity contribution is -0.117. The third kappa shape index (κ3) is 3.12. The standard InChI is InChI=1S/C14H12F3NO4/c1-20-14(21-2)10-6-5-9(22-10)13(19)18-8-4-3-7(15)11(16)12(8)17/h3-6,14H,1-2H3,(H,18,19). The number of carbonyl (C=O) groups is 1. The van der Waals surface area contributed by atoms with Crippen molar-refractivity contribution in [2.24, 2.45) is 0 Å². The molecule has 1 aromatic heterocycles.